The zero-order valence-corrected chi connectivity index (χ0v) is 9.15. The normalized spacial score (nSPS) is 11.1. The van der Waals surface area contributed by atoms with Crippen LogP contribution in [0.5, 0.6) is 0 Å². The lowest BCUT2D eigenvalue weighted by molar-refractivity contribution is 0.0818. The molecule has 0 fully saturated rings. The lowest BCUT2D eigenvalue weighted by Gasteiger charge is -2.11. The first kappa shape index (κ1) is 11.6. The van der Waals surface area contributed by atoms with E-state index in [4.69, 9.17) is 5.14 Å². The van der Waals surface area contributed by atoms with Crippen LogP contribution in [0.1, 0.15) is 10.5 Å². The van der Waals surface area contributed by atoms with Crippen LogP contribution in [0.25, 0.3) is 0 Å². The van der Waals surface area contributed by atoms with Gasteiger partial charge in [-0.2, -0.15) is 0 Å². The van der Waals surface area contributed by atoms with Crippen LogP contribution >= 0.6 is 0 Å². The predicted octanol–water partition coefficient (Wildman–Crippen LogP) is -0.569. The van der Waals surface area contributed by atoms with Crippen LogP contribution in [0, 0.1) is 0 Å². The van der Waals surface area contributed by atoms with Gasteiger partial charge in [-0.25, -0.2) is 18.5 Å². The van der Waals surface area contributed by atoms with Crippen LogP contribution < -0.4 is 5.14 Å². The summed E-state index contributed by atoms with van der Waals surface area (Å²) < 4.78 is 22.3. The van der Waals surface area contributed by atoms with E-state index in [0.29, 0.717) is 0 Å². The number of primary sulfonamides is 1. The number of nitrogens with two attached hydrogens (primary N) is 1. The first-order chi connectivity index (χ1) is 6.84. The van der Waals surface area contributed by atoms with Gasteiger partial charge in [0, 0.05) is 20.3 Å². The number of carbonyl (C=O) groups is 1. The molecular weight excluding hydrogens is 218 g/mol. The molecule has 1 aromatic rings. The summed E-state index contributed by atoms with van der Waals surface area (Å²) in [7, 11) is -0.914. The van der Waals surface area contributed by atoms with Gasteiger partial charge in [0.2, 0.25) is 10.0 Å². The van der Waals surface area contributed by atoms with Crippen molar-refractivity contribution in [2.24, 2.45) is 5.14 Å². The highest BCUT2D eigenvalue weighted by atomic mass is 32.2. The quantitative estimate of drug-likeness (QED) is 0.735. The molecule has 0 aliphatic heterocycles. The fourth-order valence-electron chi connectivity index (χ4n) is 0.993. The number of pyridine rings is 1. The molecule has 1 rings (SSSR count). The maximum atomic E-state index is 11.6. The number of rotatable bonds is 2. The Bertz CT molecular complexity index is 482. The Labute approximate surface area is 87.8 Å². The van der Waals surface area contributed by atoms with Crippen molar-refractivity contribution < 1.29 is 13.2 Å². The molecule has 1 amide bonds. The third-order valence-corrected chi connectivity index (χ3v) is 2.63. The van der Waals surface area contributed by atoms with E-state index >= 15 is 0 Å². The number of hydrogen-bond donors (Lipinski definition) is 1. The molecule has 2 N–H and O–H groups in total. The van der Waals surface area contributed by atoms with Gasteiger partial charge in [-0.1, -0.05) is 0 Å². The molecule has 0 radical (unpaired) electrons. The summed E-state index contributed by atoms with van der Waals surface area (Å²) in [6.45, 7) is 0. The molecule has 0 aromatic carbocycles. The Morgan fingerprint density at radius 3 is 2.53 bits per heavy atom. The van der Waals surface area contributed by atoms with Gasteiger partial charge in [0.1, 0.15) is 10.6 Å². The molecule has 6 nitrogen and oxygen atoms in total. The van der Waals surface area contributed by atoms with Crippen molar-refractivity contribution >= 4 is 15.9 Å². The minimum absolute atomic E-state index is 0.162. The smallest absolute Gasteiger partial charge is 0.273 e. The van der Waals surface area contributed by atoms with E-state index in [1.807, 2.05) is 0 Å². The average Bonchev–Trinajstić information content (AvgIpc) is 2.15. The summed E-state index contributed by atoms with van der Waals surface area (Å²) in [5.74, 6) is -0.500. The van der Waals surface area contributed by atoms with Crippen LogP contribution in [0.3, 0.4) is 0 Å². The Morgan fingerprint density at radius 2 is 2.07 bits per heavy atom. The molecular formula is C8H11N3O3S. The number of nitrogens with zero attached hydrogens (tertiary/aromatic N) is 2. The molecule has 15 heavy (non-hydrogen) atoms. The van der Waals surface area contributed by atoms with Crippen molar-refractivity contribution in [1.82, 2.24) is 9.88 Å². The minimum Gasteiger partial charge on any atom is -0.343 e. The van der Waals surface area contributed by atoms with Gasteiger partial charge in [-0.05, 0) is 12.1 Å². The minimum atomic E-state index is -3.92. The third-order valence-electron chi connectivity index (χ3n) is 1.69. The van der Waals surface area contributed by atoms with Crippen LogP contribution in [0.15, 0.2) is 23.2 Å². The van der Waals surface area contributed by atoms with Gasteiger partial charge < -0.3 is 4.90 Å². The molecule has 0 atom stereocenters. The highest BCUT2D eigenvalue weighted by Gasteiger charge is 2.21. The van der Waals surface area contributed by atoms with Gasteiger partial charge in [0.05, 0.1) is 0 Å². The first-order valence-corrected chi connectivity index (χ1v) is 5.58. The maximum Gasteiger partial charge on any atom is 0.273 e. The van der Waals surface area contributed by atoms with Crippen LogP contribution in [-0.2, 0) is 10.0 Å². The second-order valence-electron chi connectivity index (χ2n) is 3.09. The molecule has 0 saturated heterocycles. The summed E-state index contributed by atoms with van der Waals surface area (Å²) in [6, 6.07) is 2.66. The van der Waals surface area contributed by atoms with Gasteiger partial charge in [-0.3, -0.25) is 4.79 Å². The van der Waals surface area contributed by atoms with Crippen molar-refractivity contribution in [3.8, 4) is 0 Å². The molecule has 0 saturated carbocycles. The van der Waals surface area contributed by atoms with Crippen LogP contribution in [0.4, 0.5) is 0 Å². The Kier molecular flexibility index (Phi) is 3.06. The number of sulfonamides is 1. The maximum absolute atomic E-state index is 11.6. The van der Waals surface area contributed by atoms with Crippen molar-refractivity contribution in [2.45, 2.75) is 4.90 Å². The Morgan fingerprint density at radius 1 is 1.47 bits per heavy atom. The summed E-state index contributed by atoms with van der Waals surface area (Å²) in [4.78, 5) is 16.2. The third kappa shape index (κ3) is 2.51. The Hall–Kier alpha value is -1.47. The summed E-state index contributed by atoms with van der Waals surface area (Å²) in [5, 5.41) is 4.96. The van der Waals surface area contributed by atoms with E-state index in [9.17, 15) is 13.2 Å². The molecule has 1 heterocycles. The predicted molar refractivity (Wildman–Crippen MR) is 53.6 cm³/mol. The van der Waals surface area contributed by atoms with E-state index in [-0.39, 0.29) is 10.6 Å². The van der Waals surface area contributed by atoms with Crippen molar-refractivity contribution in [1.29, 1.82) is 0 Å². The number of hydrogen-bond acceptors (Lipinski definition) is 4. The topological polar surface area (TPSA) is 93.4 Å². The molecule has 82 valence electrons. The van der Waals surface area contributed by atoms with Crippen molar-refractivity contribution in [2.75, 3.05) is 14.1 Å². The van der Waals surface area contributed by atoms with Crippen molar-refractivity contribution in [3.63, 3.8) is 0 Å². The highest BCUT2D eigenvalue weighted by molar-refractivity contribution is 7.89. The summed E-state index contributed by atoms with van der Waals surface area (Å²) in [5.41, 5.74) is -0.162. The second kappa shape index (κ2) is 3.95. The number of carbonyl (C=O) groups excluding carboxylic acids is 1. The highest BCUT2D eigenvalue weighted by Crippen LogP contribution is 2.11. The molecule has 0 spiro atoms. The fraction of sp³-hybridized carbons (Fsp3) is 0.250. The zero-order valence-electron chi connectivity index (χ0n) is 8.34. The number of aromatic nitrogens is 1. The van der Waals surface area contributed by atoms with Crippen LogP contribution in [-0.4, -0.2) is 38.3 Å². The van der Waals surface area contributed by atoms with Crippen molar-refractivity contribution in [3.05, 3.63) is 24.0 Å². The molecule has 1 aromatic heterocycles. The van der Waals surface area contributed by atoms with E-state index in [1.165, 1.54) is 37.3 Å². The molecule has 0 aliphatic carbocycles. The molecule has 0 bridgehead atoms. The monoisotopic (exact) mass is 229 g/mol. The molecule has 0 unspecified atom stereocenters. The zero-order chi connectivity index (χ0) is 11.6. The van der Waals surface area contributed by atoms with E-state index in [1.54, 1.807) is 0 Å². The van der Waals surface area contributed by atoms with Gasteiger partial charge in [0.15, 0.2) is 0 Å². The Balaban J connectivity index is 3.38. The lowest BCUT2D eigenvalue weighted by Crippen LogP contribution is -2.26. The van der Waals surface area contributed by atoms with Gasteiger partial charge in [-0.15, -0.1) is 0 Å². The van der Waals surface area contributed by atoms with E-state index in [2.05, 4.69) is 4.98 Å². The molecule has 7 heteroatoms. The number of amides is 1. The average molecular weight is 229 g/mol. The fourth-order valence-corrected chi connectivity index (χ4v) is 1.67. The summed E-state index contributed by atoms with van der Waals surface area (Å²) in [6.07, 6.45) is 1.34. The summed E-state index contributed by atoms with van der Waals surface area (Å²) >= 11 is 0. The lowest BCUT2D eigenvalue weighted by atomic mass is 10.3. The SMILES string of the molecule is CN(C)C(=O)c1ncccc1S(N)(=O)=O. The largest absolute Gasteiger partial charge is 0.343 e. The molecule has 0 aliphatic rings. The van der Waals surface area contributed by atoms with Crippen LogP contribution in [0.2, 0.25) is 0 Å². The van der Waals surface area contributed by atoms with Gasteiger partial charge >= 0.3 is 0 Å². The van der Waals surface area contributed by atoms with E-state index < -0.39 is 15.9 Å². The first-order valence-electron chi connectivity index (χ1n) is 4.03. The van der Waals surface area contributed by atoms with Gasteiger partial charge in [0.25, 0.3) is 5.91 Å². The standard InChI is InChI=1S/C8H11N3O3S/c1-11(2)8(12)7-6(15(9,13)14)4-3-5-10-7/h3-5H,1-2H3,(H2,9,13,14). The second-order valence-corrected chi connectivity index (χ2v) is 4.62. The van der Waals surface area contributed by atoms with E-state index in [0.717, 1.165) is 0 Å².